The third-order valence-electron chi connectivity index (χ3n) is 8.47. The number of phenols is 3. The fourth-order valence-corrected chi connectivity index (χ4v) is 6.19. The predicted molar refractivity (Wildman–Crippen MR) is 145 cm³/mol. The van der Waals surface area contributed by atoms with Crippen LogP contribution in [0.2, 0.25) is 0 Å². The zero-order valence-electron chi connectivity index (χ0n) is 22.8. The first-order valence-corrected chi connectivity index (χ1v) is 13.7. The minimum Gasteiger partial charge on any atom is -0.507 e. The van der Waals surface area contributed by atoms with Crippen LogP contribution in [0.25, 0.3) is 10.8 Å². The Morgan fingerprint density at radius 3 is 2.27 bits per heavy atom. The molecule has 0 spiro atoms. The molecule has 41 heavy (non-hydrogen) atoms. The first-order chi connectivity index (χ1) is 19.5. The number of hydrogen-bond donors (Lipinski definition) is 5. The molecular formula is C31H32O10. The number of aryl methyl sites for hydroxylation is 1. The Morgan fingerprint density at radius 2 is 1.54 bits per heavy atom. The van der Waals surface area contributed by atoms with Crippen molar-refractivity contribution in [1.29, 1.82) is 0 Å². The monoisotopic (exact) mass is 564 g/mol. The lowest BCUT2D eigenvalue weighted by atomic mass is 9.79. The highest BCUT2D eigenvalue weighted by Crippen LogP contribution is 2.46. The molecule has 3 aromatic carbocycles. The van der Waals surface area contributed by atoms with Crippen LogP contribution in [0.4, 0.5) is 0 Å². The first-order valence-electron chi connectivity index (χ1n) is 13.7. The molecule has 0 aromatic heterocycles. The van der Waals surface area contributed by atoms with Crippen molar-refractivity contribution < 1.29 is 49.3 Å². The Morgan fingerprint density at radius 1 is 0.829 bits per heavy atom. The molecule has 3 aliphatic rings. The summed E-state index contributed by atoms with van der Waals surface area (Å²) in [5.41, 5.74) is 0.326. The van der Waals surface area contributed by atoms with E-state index in [4.69, 9.17) is 14.2 Å². The molecular weight excluding hydrogens is 532 g/mol. The van der Waals surface area contributed by atoms with E-state index in [1.54, 1.807) is 26.8 Å². The number of aliphatic hydroxyl groups excluding tert-OH is 2. The molecule has 3 aromatic rings. The minimum atomic E-state index is -0.987. The van der Waals surface area contributed by atoms with E-state index in [-0.39, 0.29) is 50.8 Å². The number of aromatic hydroxyl groups is 3. The maximum atomic E-state index is 13.7. The third kappa shape index (κ3) is 4.47. The first kappa shape index (κ1) is 27.6. The summed E-state index contributed by atoms with van der Waals surface area (Å²) >= 11 is 0. The quantitative estimate of drug-likeness (QED) is 0.249. The number of carbonyl (C=O) groups is 2. The van der Waals surface area contributed by atoms with Crippen molar-refractivity contribution in [2.75, 3.05) is 0 Å². The van der Waals surface area contributed by atoms with Gasteiger partial charge in [-0.05, 0) is 57.0 Å². The number of phenolic OH excluding ortho intramolecular Hbond substituents is 3. The van der Waals surface area contributed by atoms with Gasteiger partial charge in [0.25, 0.3) is 0 Å². The molecule has 0 saturated carbocycles. The van der Waals surface area contributed by atoms with Crippen LogP contribution in [0.3, 0.4) is 0 Å². The van der Waals surface area contributed by atoms with Crippen molar-refractivity contribution in [3.8, 4) is 17.2 Å². The van der Waals surface area contributed by atoms with Crippen LogP contribution < -0.4 is 0 Å². The van der Waals surface area contributed by atoms with E-state index < -0.39 is 66.0 Å². The van der Waals surface area contributed by atoms with E-state index in [1.807, 2.05) is 0 Å². The lowest BCUT2D eigenvalue weighted by Crippen LogP contribution is -2.48. The van der Waals surface area contributed by atoms with Gasteiger partial charge >= 0.3 is 0 Å². The molecule has 2 aliphatic heterocycles. The molecule has 216 valence electrons. The number of aliphatic hydroxyl groups is 2. The Hall–Kier alpha value is -3.54. The summed E-state index contributed by atoms with van der Waals surface area (Å²) in [6, 6.07) is 7.39. The number of carbonyl (C=O) groups excluding carboxylic acids is 2. The van der Waals surface area contributed by atoms with Crippen LogP contribution in [-0.2, 0) is 14.2 Å². The summed E-state index contributed by atoms with van der Waals surface area (Å²) in [4.78, 5) is 27.3. The minimum absolute atomic E-state index is 0.0601. The topological polar surface area (TPSA) is 163 Å². The van der Waals surface area contributed by atoms with Gasteiger partial charge in [0.05, 0.1) is 41.6 Å². The van der Waals surface area contributed by atoms with Gasteiger partial charge in [-0.2, -0.15) is 0 Å². The second-order valence-corrected chi connectivity index (χ2v) is 11.3. The van der Waals surface area contributed by atoms with Crippen LogP contribution >= 0.6 is 0 Å². The molecule has 6 rings (SSSR count). The molecule has 2 heterocycles. The molecule has 1 aliphatic carbocycles. The van der Waals surface area contributed by atoms with Gasteiger partial charge in [-0.1, -0.05) is 6.07 Å². The summed E-state index contributed by atoms with van der Waals surface area (Å²) in [7, 11) is 0. The zero-order valence-corrected chi connectivity index (χ0v) is 22.8. The van der Waals surface area contributed by atoms with Crippen LogP contribution in [0, 0.1) is 6.92 Å². The highest BCUT2D eigenvalue weighted by molar-refractivity contribution is 6.32. The second kappa shape index (κ2) is 10.1. The van der Waals surface area contributed by atoms with E-state index in [2.05, 4.69) is 0 Å². The van der Waals surface area contributed by atoms with Crippen LogP contribution in [0.15, 0.2) is 30.3 Å². The van der Waals surface area contributed by atoms with Gasteiger partial charge in [-0.3, -0.25) is 9.59 Å². The Kier molecular flexibility index (Phi) is 6.79. The summed E-state index contributed by atoms with van der Waals surface area (Å²) in [5, 5.41) is 54.1. The van der Waals surface area contributed by atoms with Gasteiger partial charge in [0.1, 0.15) is 23.4 Å². The third-order valence-corrected chi connectivity index (χ3v) is 8.47. The lowest BCUT2D eigenvalue weighted by Gasteiger charge is -2.41. The average Bonchev–Trinajstić information content (AvgIpc) is 2.92. The van der Waals surface area contributed by atoms with E-state index in [1.165, 1.54) is 24.3 Å². The normalized spacial score (nSPS) is 29.8. The molecule has 2 saturated heterocycles. The smallest absolute Gasteiger partial charge is 0.198 e. The van der Waals surface area contributed by atoms with Crippen molar-refractivity contribution in [3.63, 3.8) is 0 Å². The molecule has 2 fully saturated rings. The van der Waals surface area contributed by atoms with Crippen molar-refractivity contribution in [1.82, 2.24) is 0 Å². The fourth-order valence-electron chi connectivity index (χ4n) is 6.19. The highest BCUT2D eigenvalue weighted by Gasteiger charge is 2.42. The summed E-state index contributed by atoms with van der Waals surface area (Å²) in [5.74, 6) is -2.29. The van der Waals surface area contributed by atoms with Crippen LogP contribution in [0.5, 0.6) is 17.2 Å². The van der Waals surface area contributed by atoms with Crippen molar-refractivity contribution >= 4 is 22.3 Å². The molecule has 0 amide bonds. The van der Waals surface area contributed by atoms with Gasteiger partial charge in [0.15, 0.2) is 17.9 Å². The molecule has 0 unspecified atom stereocenters. The molecule has 0 radical (unpaired) electrons. The summed E-state index contributed by atoms with van der Waals surface area (Å²) in [6.07, 6.45) is -3.74. The Bertz CT molecular complexity index is 1580. The van der Waals surface area contributed by atoms with E-state index >= 15 is 0 Å². The average molecular weight is 565 g/mol. The molecule has 7 atom stereocenters. The van der Waals surface area contributed by atoms with Crippen molar-refractivity contribution in [2.45, 2.75) is 82.9 Å². The van der Waals surface area contributed by atoms with Crippen LogP contribution in [-0.4, -0.2) is 73.9 Å². The highest BCUT2D eigenvalue weighted by atomic mass is 16.7. The lowest BCUT2D eigenvalue weighted by molar-refractivity contribution is -0.272. The predicted octanol–water partition coefficient (Wildman–Crippen LogP) is 3.52. The van der Waals surface area contributed by atoms with Crippen molar-refractivity contribution in [3.05, 3.63) is 63.7 Å². The molecule has 0 bridgehead atoms. The number of fused-ring (bicyclic) bond motifs is 3. The maximum Gasteiger partial charge on any atom is 0.198 e. The standard InChI is InChI=1S/C31H32O10/c1-12-8-18-17(21(33)9-12)10-19-26(30(18)37)29(36)16-5-4-15(28(35)25(16)31(19)38)22-11-23(27(34)14(3)39-22)41-24-7-6-20(32)13(2)40-24/h4-5,8-10,13-14,20,22-24,27,32-35,37H,6-7,11H2,1-3H3/t13-,14-,20+,22+,23+,24-,27-/m0/s1. The molecule has 5 N–H and O–H groups in total. The number of benzene rings is 3. The van der Waals surface area contributed by atoms with Gasteiger partial charge < -0.3 is 39.7 Å². The second-order valence-electron chi connectivity index (χ2n) is 11.3. The van der Waals surface area contributed by atoms with Crippen molar-refractivity contribution in [2.24, 2.45) is 0 Å². The maximum absolute atomic E-state index is 13.7. The Balaban J connectivity index is 1.35. The van der Waals surface area contributed by atoms with Crippen LogP contribution in [0.1, 0.15) is 82.2 Å². The van der Waals surface area contributed by atoms with Gasteiger partial charge in [0.2, 0.25) is 0 Å². The van der Waals surface area contributed by atoms with Gasteiger partial charge in [-0.15, -0.1) is 0 Å². The molecule has 10 heteroatoms. The number of ether oxygens (including phenoxy) is 3. The molecule has 10 nitrogen and oxygen atoms in total. The number of rotatable bonds is 3. The number of hydrogen-bond acceptors (Lipinski definition) is 10. The largest absolute Gasteiger partial charge is 0.507 e. The zero-order chi connectivity index (χ0) is 29.3. The fraction of sp³-hybridized carbons (Fsp3) is 0.419. The Labute approximate surface area is 235 Å². The van der Waals surface area contributed by atoms with E-state index in [0.717, 1.165) is 0 Å². The van der Waals surface area contributed by atoms with Gasteiger partial charge in [0, 0.05) is 40.3 Å². The summed E-state index contributed by atoms with van der Waals surface area (Å²) < 4.78 is 17.8. The van der Waals surface area contributed by atoms with E-state index in [0.29, 0.717) is 18.4 Å². The van der Waals surface area contributed by atoms with Gasteiger partial charge in [-0.25, -0.2) is 0 Å². The van der Waals surface area contributed by atoms with E-state index in [9.17, 15) is 35.1 Å². The SMILES string of the molecule is Cc1cc(O)c2cc3c(c(O)c2c1)C(=O)c1ccc([C@H]2C[C@@H](O[C@H]4CC[C@@H](O)[C@H](C)O4)[C@@H](O)[C@H](C)O2)c(O)c1C3=O. The summed E-state index contributed by atoms with van der Waals surface area (Å²) in [6.45, 7) is 5.15. The number of ketones is 2.